The van der Waals surface area contributed by atoms with Crippen LogP contribution in [-0.2, 0) is 16.1 Å². The number of carbonyl (C=O) groups is 2. The van der Waals surface area contributed by atoms with E-state index in [1.807, 2.05) is 0 Å². The number of hydrogen-bond donors (Lipinski definition) is 1. The van der Waals surface area contributed by atoms with Gasteiger partial charge in [0.2, 0.25) is 5.91 Å². The number of hydrazone groups is 1. The molecular formula is C17H17F3N6O2. The fourth-order valence-electron chi connectivity index (χ4n) is 2.84. The highest BCUT2D eigenvalue weighted by Gasteiger charge is 2.36. The van der Waals surface area contributed by atoms with E-state index in [-0.39, 0.29) is 24.5 Å². The van der Waals surface area contributed by atoms with Crippen molar-refractivity contribution in [1.29, 1.82) is 0 Å². The molecule has 0 fully saturated rings. The summed E-state index contributed by atoms with van der Waals surface area (Å²) in [5, 5.41) is 5.41. The normalized spacial score (nSPS) is 16.4. The van der Waals surface area contributed by atoms with Gasteiger partial charge >= 0.3 is 6.55 Å². The molecule has 8 nitrogen and oxygen atoms in total. The van der Waals surface area contributed by atoms with E-state index in [1.165, 1.54) is 47.4 Å². The van der Waals surface area contributed by atoms with Gasteiger partial charge in [-0.25, -0.2) is 9.37 Å². The van der Waals surface area contributed by atoms with Crippen molar-refractivity contribution in [1.82, 2.24) is 14.5 Å². The SMILES string of the molecule is CN(Cc1nccn1C(F)F)C(=O)C1=NN(c2ccc(F)cc2)C(C(N)=O)C1. The van der Waals surface area contributed by atoms with E-state index in [2.05, 4.69) is 10.1 Å². The van der Waals surface area contributed by atoms with Gasteiger partial charge in [-0.15, -0.1) is 0 Å². The van der Waals surface area contributed by atoms with Crippen molar-refractivity contribution >= 4 is 23.2 Å². The van der Waals surface area contributed by atoms with Crippen molar-refractivity contribution in [3.05, 3.63) is 48.3 Å². The van der Waals surface area contributed by atoms with Crippen LogP contribution in [0.4, 0.5) is 18.9 Å². The average molecular weight is 394 g/mol. The van der Waals surface area contributed by atoms with Gasteiger partial charge in [0.15, 0.2) is 0 Å². The number of rotatable bonds is 6. The minimum atomic E-state index is -2.78. The first-order chi connectivity index (χ1) is 13.3. The Morgan fingerprint density at radius 1 is 1.32 bits per heavy atom. The van der Waals surface area contributed by atoms with Crippen LogP contribution in [0.1, 0.15) is 18.8 Å². The molecule has 1 unspecified atom stereocenters. The smallest absolute Gasteiger partial charge is 0.319 e. The van der Waals surface area contributed by atoms with E-state index in [0.717, 1.165) is 6.20 Å². The van der Waals surface area contributed by atoms with Crippen molar-refractivity contribution in [3.8, 4) is 0 Å². The fraction of sp³-hybridized carbons (Fsp3) is 0.294. The number of halogens is 3. The topological polar surface area (TPSA) is 96.8 Å². The predicted octanol–water partition coefficient (Wildman–Crippen LogP) is 1.50. The molecule has 148 valence electrons. The van der Waals surface area contributed by atoms with Crippen LogP contribution in [0.25, 0.3) is 0 Å². The van der Waals surface area contributed by atoms with E-state index in [0.29, 0.717) is 10.3 Å². The largest absolute Gasteiger partial charge is 0.368 e. The fourth-order valence-corrected chi connectivity index (χ4v) is 2.84. The van der Waals surface area contributed by atoms with E-state index in [9.17, 15) is 22.8 Å². The third-order valence-electron chi connectivity index (χ3n) is 4.26. The van der Waals surface area contributed by atoms with Gasteiger partial charge in [-0.1, -0.05) is 0 Å². The quantitative estimate of drug-likeness (QED) is 0.803. The number of nitrogens with zero attached hydrogens (tertiary/aromatic N) is 5. The zero-order chi connectivity index (χ0) is 20.4. The number of nitrogens with two attached hydrogens (primary N) is 1. The first-order valence-corrected chi connectivity index (χ1v) is 8.25. The molecule has 0 saturated carbocycles. The Kier molecular flexibility index (Phi) is 5.34. The Morgan fingerprint density at radius 2 is 2.00 bits per heavy atom. The lowest BCUT2D eigenvalue weighted by Crippen LogP contribution is -2.40. The lowest BCUT2D eigenvalue weighted by Gasteiger charge is -2.20. The second kappa shape index (κ2) is 7.71. The standard InChI is InChI=1S/C17H17F3N6O2/c1-24(9-14-22-6-7-25(14)17(19)20)16(28)12-8-13(15(21)27)26(23-12)11-4-2-10(18)3-5-11/h2-7,13,17H,8-9H2,1H3,(H2,21,27). The number of benzene rings is 1. The van der Waals surface area contributed by atoms with E-state index >= 15 is 0 Å². The van der Waals surface area contributed by atoms with Crippen molar-refractivity contribution in [2.24, 2.45) is 10.8 Å². The van der Waals surface area contributed by atoms with Crippen molar-refractivity contribution in [2.45, 2.75) is 25.6 Å². The summed E-state index contributed by atoms with van der Waals surface area (Å²) >= 11 is 0. The minimum Gasteiger partial charge on any atom is -0.368 e. The highest BCUT2D eigenvalue weighted by molar-refractivity contribution is 6.40. The number of carbonyl (C=O) groups excluding carboxylic acids is 2. The highest BCUT2D eigenvalue weighted by atomic mass is 19.3. The summed E-state index contributed by atoms with van der Waals surface area (Å²) in [6.07, 6.45) is 2.27. The molecule has 0 bridgehead atoms. The predicted molar refractivity (Wildman–Crippen MR) is 93.9 cm³/mol. The molecule has 2 aromatic rings. The summed E-state index contributed by atoms with van der Waals surface area (Å²) in [6.45, 7) is -2.95. The van der Waals surface area contributed by atoms with Gasteiger partial charge in [-0.2, -0.15) is 13.9 Å². The van der Waals surface area contributed by atoms with Crippen LogP contribution in [0.3, 0.4) is 0 Å². The van der Waals surface area contributed by atoms with Gasteiger partial charge < -0.3 is 10.6 Å². The van der Waals surface area contributed by atoms with Crippen LogP contribution in [0.15, 0.2) is 41.8 Å². The van der Waals surface area contributed by atoms with Gasteiger partial charge in [0, 0.05) is 25.9 Å². The lowest BCUT2D eigenvalue weighted by atomic mass is 10.1. The molecule has 2 N–H and O–H groups in total. The van der Waals surface area contributed by atoms with Gasteiger partial charge in [-0.3, -0.25) is 19.2 Å². The lowest BCUT2D eigenvalue weighted by molar-refractivity contribution is -0.123. The Bertz CT molecular complexity index is 912. The number of hydrogen-bond acceptors (Lipinski definition) is 5. The Morgan fingerprint density at radius 3 is 2.61 bits per heavy atom. The summed E-state index contributed by atoms with van der Waals surface area (Å²) in [7, 11) is 1.41. The van der Waals surface area contributed by atoms with Gasteiger partial charge in [0.1, 0.15) is 23.4 Å². The molecule has 11 heteroatoms. The second-order valence-electron chi connectivity index (χ2n) is 6.18. The molecular weight excluding hydrogens is 377 g/mol. The molecule has 1 atom stereocenters. The van der Waals surface area contributed by atoms with Crippen LogP contribution in [0, 0.1) is 5.82 Å². The molecule has 0 saturated heterocycles. The molecule has 0 radical (unpaired) electrons. The van der Waals surface area contributed by atoms with E-state index in [1.54, 1.807) is 0 Å². The Labute approximate surface area is 158 Å². The molecule has 28 heavy (non-hydrogen) atoms. The maximum atomic E-state index is 13.1. The first-order valence-electron chi connectivity index (χ1n) is 8.25. The molecule has 1 aromatic carbocycles. The zero-order valence-electron chi connectivity index (χ0n) is 14.8. The van der Waals surface area contributed by atoms with E-state index < -0.39 is 30.2 Å². The van der Waals surface area contributed by atoms with Crippen LogP contribution in [0.2, 0.25) is 0 Å². The summed E-state index contributed by atoms with van der Waals surface area (Å²) in [4.78, 5) is 29.5. The third kappa shape index (κ3) is 3.82. The molecule has 0 aliphatic carbocycles. The summed E-state index contributed by atoms with van der Waals surface area (Å²) in [6, 6.07) is 4.29. The molecule has 2 heterocycles. The third-order valence-corrected chi connectivity index (χ3v) is 4.26. The summed E-state index contributed by atoms with van der Waals surface area (Å²) < 4.78 is 39.7. The molecule has 3 rings (SSSR count). The molecule has 1 aromatic heterocycles. The zero-order valence-corrected chi connectivity index (χ0v) is 14.8. The highest BCUT2D eigenvalue weighted by Crippen LogP contribution is 2.25. The van der Waals surface area contributed by atoms with Crippen molar-refractivity contribution < 1.29 is 22.8 Å². The van der Waals surface area contributed by atoms with Gasteiger partial charge in [0.25, 0.3) is 5.91 Å². The Balaban J connectivity index is 1.80. The van der Waals surface area contributed by atoms with Crippen LogP contribution < -0.4 is 10.7 Å². The molecule has 1 aliphatic rings. The number of imidazole rings is 1. The maximum absolute atomic E-state index is 13.1. The monoisotopic (exact) mass is 394 g/mol. The molecule has 2 amide bonds. The summed E-state index contributed by atoms with van der Waals surface area (Å²) in [5.41, 5.74) is 5.83. The van der Waals surface area contributed by atoms with Crippen molar-refractivity contribution in [2.75, 3.05) is 12.1 Å². The number of aromatic nitrogens is 2. The number of alkyl halides is 2. The maximum Gasteiger partial charge on any atom is 0.319 e. The molecule has 1 aliphatic heterocycles. The van der Waals surface area contributed by atoms with Crippen LogP contribution >= 0.6 is 0 Å². The first kappa shape index (κ1) is 19.4. The van der Waals surface area contributed by atoms with E-state index in [4.69, 9.17) is 5.73 Å². The van der Waals surface area contributed by atoms with Gasteiger partial charge in [0.05, 0.1) is 12.2 Å². The Hall–Kier alpha value is -3.37. The molecule has 0 spiro atoms. The van der Waals surface area contributed by atoms with Crippen LogP contribution in [-0.4, -0.2) is 45.1 Å². The average Bonchev–Trinajstić information content (AvgIpc) is 3.29. The second-order valence-corrected chi connectivity index (χ2v) is 6.18. The van der Waals surface area contributed by atoms with Crippen molar-refractivity contribution in [3.63, 3.8) is 0 Å². The minimum absolute atomic E-state index is 0.00582. The number of amides is 2. The van der Waals surface area contributed by atoms with Gasteiger partial charge in [-0.05, 0) is 24.3 Å². The summed E-state index contributed by atoms with van der Waals surface area (Å²) in [5.74, 6) is -1.72. The number of primary amides is 1. The number of anilines is 1. The van der Waals surface area contributed by atoms with Crippen LogP contribution in [0.5, 0.6) is 0 Å².